The van der Waals surface area contributed by atoms with Crippen molar-refractivity contribution in [3.05, 3.63) is 59.1 Å². The Morgan fingerprint density at radius 1 is 1.28 bits per heavy atom. The van der Waals surface area contributed by atoms with Crippen molar-refractivity contribution >= 4 is 34.7 Å². The second kappa shape index (κ2) is 10.8. The molecule has 1 aliphatic heterocycles. The summed E-state index contributed by atoms with van der Waals surface area (Å²) >= 11 is 8.25. The second-order valence-electron chi connectivity index (χ2n) is 7.44. The summed E-state index contributed by atoms with van der Waals surface area (Å²) in [7, 11) is 0. The van der Waals surface area contributed by atoms with Gasteiger partial charge in [0, 0.05) is 23.7 Å². The molecule has 0 aliphatic carbocycles. The molecule has 0 amide bonds. The molecule has 1 atom stereocenters. The lowest BCUT2D eigenvalue weighted by molar-refractivity contribution is 0.363. The van der Waals surface area contributed by atoms with E-state index in [9.17, 15) is 5.11 Å². The Morgan fingerprint density at radius 3 is 2.79 bits per heavy atom. The molecule has 0 saturated carbocycles. The smallest absolute Gasteiger partial charge is 0.134 e. The van der Waals surface area contributed by atoms with Crippen molar-refractivity contribution in [2.75, 3.05) is 23.8 Å². The lowest BCUT2D eigenvalue weighted by Gasteiger charge is -2.33. The van der Waals surface area contributed by atoms with Gasteiger partial charge in [0.2, 0.25) is 0 Å². The number of halogens is 1. The average molecular weight is 432 g/mol. The zero-order valence-corrected chi connectivity index (χ0v) is 18.8. The number of phenols is 1. The molecular formula is C24H30ClNO2S. The summed E-state index contributed by atoms with van der Waals surface area (Å²) in [5, 5.41) is 10.5. The largest absolute Gasteiger partial charge is 0.506 e. The zero-order valence-electron chi connectivity index (χ0n) is 17.2. The van der Waals surface area contributed by atoms with E-state index in [1.807, 2.05) is 55.1 Å². The highest BCUT2D eigenvalue weighted by Crippen LogP contribution is 2.40. The van der Waals surface area contributed by atoms with Gasteiger partial charge in [-0.15, -0.1) is 0 Å². The van der Waals surface area contributed by atoms with Crippen molar-refractivity contribution in [2.45, 2.75) is 38.9 Å². The van der Waals surface area contributed by atoms with Crippen LogP contribution in [0.2, 0.25) is 5.02 Å². The fourth-order valence-electron chi connectivity index (χ4n) is 3.58. The summed E-state index contributed by atoms with van der Waals surface area (Å²) in [6.07, 6.45) is 7.67. The molecule has 3 rings (SSSR count). The van der Waals surface area contributed by atoms with Crippen molar-refractivity contribution in [1.82, 2.24) is 0 Å². The number of ether oxygens (including phenoxy) is 1. The SMILES string of the molecule is C/C=C/COc1ccc(N2CC(CCCC)CSCc3cc(O)c(Cl)cc32)cc1. The Balaban J connectivity index is 1.92. The fourth-order valence-corrected chi connectivity index (χ4v) is 4.91. The van der Waals surface area contributed by atoms with Gasteiger partial charge in [0.25, 0.3) is 0 Å². The number of thioether (sulfide) groups is 1. The third-order valence-electron chi connectivity index (χ3n) is 5.19. The minimum Gasteiger partial charge on any atom is -0.506 e. The van der Waals surface area contributed by atoms with Gasteiger partial charge in [0.05, 0.1) is 5.02 Å². The van der Waals surface area contributed by atoms with Crippen LogP contribution in [-0.4, -0.2) is 24.0 Å². The third kappa shape index (κ3) is 5.86. The van der Waals surface area contributed by atoms with Gasteiger partial charge in [-0.25, -0.2) is 0 Å². The number of unbranched alkanes of at least 4 members (excludes halogenated alkanes) is 1. The maximum absolute atomic E-state index is 10.1. The molecule has 156 valence electrons. The summed E-state index contributed by atoms with van der Waals surface area (Å²) in [4.78, 5) is 2.36. The van der Waals surface area contributed by atoms with Gasteiger partial charge < -0.3 is 14.7 Å². The maximum Gasteiger partial charge on any atom is 0.134 e. The van der Waals surface area contributed by atoms with E-state index in [-0.39, 0.29) is 5.75 Å². The minimum absolute atomic E-state index is 0.154. The van der Waals surface area contributed by atoms with Gasteiger partial charge >= 0.3 is 0 Å². The normalized spacial score (nSPS) is 17.1. The minimum atomic E-state index is 0.154. The molecule has 29 heavy (non-hydrogen) atoms. The van der Waals surface area contributed by atoms with Crippen LogP contribution in [0.25, 0.3) is 0 Å². The highest BCUT2D eigenvalue weighted by atomic mass is 35.5. The summed E-state index contributed by atoms with van der Waals surface area (Å²) in [6, 6.07) is 12.0. The van der Waals surface area contributed by atoms with Crippen molar-refractivity contribution in [3.63, 3.8) is 0 Å². The summed E-state index contributed by atoms with van der Waals surface area (Å²) in [5.74, 6) is 3.64. The van der Waals surface area contributed by atoms with Crippen LogP contribution in [0, 0.1) is 5.92 Å². The molecule has 0 radical (unpaired) electrons. The lowest BCUT2D eigenvalue weighted by atomic mass is 10.0. The van der Waals surface area contributed by atoms with E-state index in [0.29, 0.717) is 17.5 Å². The Hall–Kier alpha value is -1.78. The monoisotopic (exact) mass is 431 g/mol. The van der Waals surface area contributed by atoms with E-state index < -0.39 is 0 Å². The van der Waals surface area contributed by atoms with Crippen LogP contribution in [0.3, 0.4) is 0 Å². The Bertz CT molecular complexity index is 822. The number of aromatic hydroxyl groups is 1. The van der Waals surface area contributed by atoms with Gasteiger partial charge in [0.15, 0.2) is 0 Å². The van der Waals surface area contributed by atoms with E-state index in [4.69, 9.17) is 16.3 Å². The first-order valence-electron chi connectivity index (χ1n) is 10.3. The number of benzene rings is 2. The highest BCUT2D eigenvalue weighted by Gasteiger charge is 2.23. The molecule has 0 saturated heterocycles. The number of hydrogen-bond donors (Lipinski definition) is 1. The lowest BCUT2D eigenvalue weighted by Crippen LogP contribution is -2.29. The van der Waals surface area contributed by atoms with Crippen LogP contribution in [0.15, 0.2) is 48.6 Å². The fraction of sp³-hybridized carbons (Fsp3) is 0.417. The van der Waals surface area contributed by atoms with Gasteiger partial charge in [-0.1, -0.05) is 43.5 Å². The predicted molar refractivity (Wildman–Crippen MR) is 126 cm³/mol. The third-order valence-corrected chi connectivity index (χ3v) is 6.71. The summed E-state index contributed by atoms with van der Waals surface area (Å²) < 4.78 is 5.75. The maximum atomic E-state index is 10.1. The number of allylic oxidation sites excluding steroid dienone is 1. The van der Waals surface area contributed by atoms with Gasteiger partial charge in [-0.2, -0.15) is 11.8 Å². The number of phenolic OH excluding ortho intramolecular Hbond substituents is 1. The number of hydrogen-bond acceptors (Lipinski definition) is 4. The molecule has 0 fully saturated rings. The first-order chi connectivity index (χ1) is 14.1. The van der Waals surface area contributed by atoms with E-state index in [1.54, 1.807) is 0 Å². The van der Waals surface area contributed by atoms with Crippen molar-refractivity contribution in [1.29, 1.82) is 0 Å². The molecule has 5 heteroatoms. The number of rotatable bonds is 7. The molecule has 3 nitrogen and oxygen atoms in total. The quantitative estimate of drug-likeness (QED) is 0.470. The average Bonchev–Trinajstić information content (AvgIpc) is 2.71. The number of nitrogens with zero attached hydrogens (tertiary/aromatic N) is 1. The molecule has 2 aromatic rings. The van der Waals surface area contributed by atoms with Crippen LogP contribution in [0.1, 0.15) is 38.7 Å². The van der Waals surface area contributed by atoms with Crippen molar-refractivity contribution < 1.29 is 9.84 Å². The molecule has 2 aromatic carbocycles. The Morgan fingerprint density at radius 2 is 2.07 bits per heavy atom. The van der Waals surface area contributed by atoms with E-state index in [1.165, 1.54) is 19.3 Å². The van der Waals surface area contributed by atoms with E-state index in [0.717, 1.165) is 40.7 Å². The van der Waals surface area contributed by atoms with E-state index >= 15 is 0 Å². The summed E-state index contributed by atoms with van der Waals surface area (Å²) in [5.41, 5.74) is 3.34. The van der Waals surface area contributed by atoms with Gasteiger partial charge in [0.1, 0.15) is 18.1 Å². The van der Waals surface area contributed by atoms with Gasteiger partial charge in [-0.05, 0) is 67.0 Å². The predicted octanol–water partition coefficient (Wildman–Crippen LogP) is 7.19. The standard InChI is InChI=1S/C24H30ClNO2S/c1-3-5-7-18-15-26(20-8-10-21(11-9-20)28-12-6-4-2)23-14-22(25)24(27)13-19(23)17-29-16-18/h4,6,8-11,13-14,18,27H,3,5,7,12,15-17H2,1-2H3/b6-4+. The molecule has 0 aromatic heterocycles. The molecule has 1 heterocycles. The zero-order chi connectivity index (χ0) is 20.6. The second-order valence-corrected chi connectivity index (χ2v) is 8.88. The molecule has 0 bridgehead atoms. The van der Waals surface area contributed by atoms with Crippen molar-refractivity contribution in [3.8, 4) is 11.5 Å². The van der Waals surface area contributed by atoms with E-state index in [2.05, 4.69) is 24.0 Å². The van der Waals surface area contributed by atoms with Gasteiger partial charge in [-0.3, -0.25) is 0 Å². The van der Waals surface area contributed by atoms with Crippen LogP contribution in [0.4, 0.5) is 11.4 Å². The molecular weight excluding hydrogens is 402 g/mol. The van der Waals surface area contributed by atoms with Crippen LogP contribution in [-0.2, 0) is 5.75 Å². The first-order valence-corrected chi connectivity index (χ1v) is 11.9. The van der Waals surface area contributed by atoms with Crippen molar-refractivity contribution in [2.24, 2.45) is 5.92 Å². The molecule has 1 aliphatic rings. The Kier molecular flexibility index (Phi) is 8.19. The number of fused-ring (bicyclic) bond motifs is 1. The molecule has 1 unspecified atom stereocenters. The van der Waals surface area contributed by atoms with Crippen LogP contribution >= 0.6 is 23.4 Å². The molecule has 1 N–H and O–H groups in total. The summed E-state index contributed by atoms with van der Waals surface area (Å²) in [6.45, 7) is 5.76. The first kappa shape index (κ1) is 21.9. The molecule has 0 spiro atoms. The van der Waals surface area contributed by atoms with Crippen LogP contribution in [0.5, 0.6) is 11.5 Å². The van der Waals surface area contributed by atoms with Crippen LogP contribution < -0.4 is 9.64 Å². The number of anilines is 2. The highest BCUT2D eigenvalue weighted by molar-refractivity contribution is 7.98. The topological polar surface area (TPSA) is 32.7 Å². The Labute approximate surface area is 183 Å².